The largest absolute Gasteiger partial charge is 0.416 e. The standard InChI is InChI=1S/C15H9F3N2S2/c16-15(17,18)11-1-5-13(6-2-11)22(9-19)14-7-3-12(4-8-14)20-10-21/h1-8,22H. The molecule has 2 aromatic carbocycles. The Balaban J connectivity index is 2.32. The number of thiocyanates is 1. The maximum atomic E-state index is 12.6. The van der Waals surface area contributed by atoms with Gasteiger partial charge in [0.2, 0.25) is 0 Å². The van der Waals surface area contributed by atoms with E-state index in [2.05, 4.69) is 27.8 Å². The number of aliphatic imine (C=N–C) groups is 1. The van der Waals surface area contributed by atoms with E-state index in [1.807, 2.05) is 0 Å². The number of alkyl halides is 3. The van der Waals surface area contributed by atoms with Crippen molar-refractivity contribution in [3.8, 4) is 5.40 Å². The summed E-state index contributed by atoms with van der Waals surface area (Å²) < 4.78 is 37.7. The summed E-state index contributed by atoms with van der Waals surface area (Å²) >= 11 is 4.50. The maximum Gasteiger partial charge on any atom is 0.416 e. The molecule has 2 nitrogen and oxygen atoms in total. The van der Waals surface area contributed by atoms with Gasteiger partial charge in [0, 0.05) is 9.79 Å². The fourth-order valence-electron chi connectivity index (χ4n) is 1.79. The van der Waals surface area contributed by atoms with E-state index in [0.29, 0.717) is 10.6 Å². The molecule has 0 heterocycles. The molecule has 1 atom stereocenters. The molecule has 7 heteroatoms. The van der Waals surface area contributed by atoms with E-state index in [9.17, 15) is 18.4 Å². The van der Waals surface area contributed by atoms with Gasteiger partial charge in [-0.05, 0) is 60.7 Å². The zero-order valence-electron chi connectivity index (χ0n) is 11.0. The SMILES string of the molecule is N#C[SH](c1ccc(N=C=S)cc1)c1ccc(C(F)(F)F)cc1. The molecule has 1 unspecified atom stereocenters. The molecule has 2 aromatic rings. The van der Waals surface area contributed by atoms with E-state index in [4.69, 9.17) is 0 Å². The lowest BCUT2D eigenvalue weighted by molar-refractivity contribution is -0.137. The third kappa shape index (κ3) is 3.74. The van der Waals surface area contributed by atoms with Crippen LogP contribution >= 0.6 is 23.1 Å². The third-order valence-electron chi connectivity index (χ3n) is 2.84. The Morgan fingerprint density at radius 1 is 0.955 bits per heavy atom. The molecule has 0 radical (unpaired) electrons. The highest BCUT2D eigenvalue weighted by Crippen LogP contribution is 2.44. The summed E-state index contributed by atoms with van der Waals surface area (Å²) in [4.78, 5) is 5.11. The molecule has 0 saturated carbocycles. The van der Waals surface area contributed by atoms with Gasteiger partial charge in [0.1, 0.15) is 5.40 Å². The van der Waals surface area contributed by atoms with Crippen molar-refractivity contribution in [1.29, 1.82) is 5.26 Å². The van der Waals surface area contributed by atoms with Crippen molar-refractivity contribution in [3.63, 3.8) is 0 Å². The number of halogens is 3. The minimum absolute atomic E-state index is 0.566. The van der Waals surface area contributed by atoms with Crippen LogP contribution in [-0.2, 0) is 6.18 Å². The van der Waals surface area contributed by atoms with Crippen LogP contribution in [0.5, 0.6) is 0 Å². The first-order valence-corrected chi connectivity index (χ1v) is 7.76. The molecular weight excluding hydrogens is 329 g/mol. The zero-order valence-corrected chi connectivity index (χ0v) is 12.7. The Hall–Kier alpha value is -2.13. The van der Waals surface area contributed by atoms with Crippen LogP contribution in [0.15, 0.2) is 63.3 Å². The molecule has 0 aliphatic rings. The molecule has 22 heavy (non-hydrogen) atoms. The summed E-state index contributed by atoms with van der Waals surface area (Å²) in [5.74, 6) is 0. The first-order valence-electron chi connectivity index (χ1n) is 6.01. The minimum atomic E-state index is -4.38. The van der Waals surface area contributed by atoms with E-state index in [1.165, 1.54) is 12.1 Å². The Morgan fingerprint density at radius 2 is 1.45 bits per heavy atom. The van der Waals surface area contributed by atoms with Crippen LogP contribution in [0.4, 0.5) is 18.9 Å². The van der Waals surface area contributed by atoms with Gasteiger partial charge in [0.15, 0.2) is 0 Å². The molecule has 0 bridgehead atoms. The van der Waals surface area contributed by atoms with Crippen molar-refractivity contribution < 1.29 is 13.2 Å². The zero-order chi connectivity index (χ0) is 16.2. The Morgan fingerprint density at radius 3 is 1.86 bits per heavy atom. The average molecular weight is 338 g/mol. The van der Waals surface area contributed by atoms with Gasteiger partial charge in [0.05, 0.1) is 16.4 Å². The van der Waals surface area contributed by atoms with Crippen molar-refractivity contribution >= 4 is 34.0 Å². The van der Waals surface area contributed by atoms with Crippen molar-refractivity contribution in [1.82, 2.24) is 0 Å². The molecule has 0 aromatic heterocycles. The Bertz CT molecular complexity index is 740. The van der Waals surface area contributed by atoms with E-state index < -0.39 is 22.6 Å². The van der Waals surface area contributed by atoms with E-state index in [0.717, 1.165) is 17.0 Å². The predicted molar refractivity (Wildman–Crippen MR) is 83.7 cm³/mol. The van der Waals surface area contributed by atoms with Crippen LogP contribution in [0.3, 0.4) is 0 Å². The topological polar surface area (TPSA) is 36.1 Å². The molecule has 0 N–H and O–H groups in total. The van der Waals surface area contributed by atoms with Crippen molar-refractivity contribution in [2.75, 3.05) is 0 Å². The average Bonchev–Trinajstić information content (AvgIpc) is 2.50. The van der Waals surface area contributed by atoms with Gasteiger partial charge < -0.3 is 0 Å². The molecule has 2 rings (SSSR count). The van der Waals surface area contributed by atoms with Crippen LogP contribution in [0, 0.1) is 10.7 Å². The summed E-state index contributed by atoms with van der Waals surface area (Å²) in [5.41, 5.74) is -0.117. The summed E-state index contributed by atoms with van der Waals surface area (Å²) in [7, 11) is -1.37. The van der Waals surface area contributed by atoms with E-state index in [1.54, 1.807) is 24.3 Å². The van der Waals surface area contributed by atoms with E-state index in [-0.39, 0.29) is 0 Å². The van der Waals surface area contributed by atoms with Gasteiger partial charge in [-0.2, -0.15) is 23.4 Å². The first-order chi connectivity index (χ1) is 10.5. The normalized spacial score (nSPS) is 12.9. The highest BCUT2D eigenvalue weighted by atomic mass is 32.2. The van der Waals surface area contributed by atoms with Crippen LogP contribution < -0.4 is 0 Å². The van der Waals surface area contributed by atoms with Gasteiger partial charge in [-0.25, -0.2) is 0 Å². The smallest absolute Gasteiger partial charge is 0.195 e. The number of thiol groups is 1. The minimum Gasteiger partial charge on any atom is -0.195 e. The molecule has 112 valence electrons. The monoisotopic (exact) mass is 338 g/mol. The lowest BCUT2D eigenvalue weighted by Crippen LogP contribution is -2.04. The number of benzene rings is 2. The molecular formula is C15H9F3N2S2. The van der Waals surface area contributed by atoms with Gasteiger partial charge in [-0.1, -0.05) is 0 Å². The van der Waals surface area contributed by atoms with Crippen molar-refractivity contribution in [3.05, 3.63) is 54.1 Å². The molecule has 0 fully saturated rings. The highest BCUT2D eigenvalue weighted by molar-refractivity contribution is 8.21. The molecule has 0 spiro atoms. The number of rotatable bonds is 3. The number of hydrogen-bond donors (Lipinski definition) is 1. The first kappa shape index (κ1) is 16.2. The number of isothiocyanates is 1. The third-order valence-corrected chi connectivity index (χ3v) is 4.76. The second-order valence-corrected chi connectivity index (χ2v) is 6.29. The van der Waals surface area contributed by atoms with Gasteiger partial charge in [-0.3, -0.25) is 0 Å². The van der Waals surface area contributed by atoms with Gasteiger partial charge >= 0.3 is 6.18 Å². The Kier molecular flexibility index (Phi) is 4.99. The fourth-order valence-corrected chi connectivity index (χ4v) is 3.32. The van der Waals surface area contributed by atoms with Gasteiger partial charge in [0.25, 0.3) is 0 Å². The summed E-state index contributed by atoms with van der Waals surface area (Å²) in [5, 5.41) is 13.7. The van der Waals surface area contributed by atoms with Crippen molar-refractivity contribution in [2.24, 2.45) is 4.99 Å². The number of hydrogen-bond acceptors (Lipinski definition) is 3. The van der Waals surface area contributed by atoms with Gasteiger partial charge in [-0.15, -0.1) is 10.9 Å². The van der Waals surface area contributed by atoms with Crippen LogP contribution in [0.2, 0.25) is 0 Å². The quantitative estimate of drug-likeness (QED) is 0.355. The van der Waals surface area contributed by atoms with Crippen molar-refractivity contribution in [2.45, 2.75) is 16.0 Å². The number of thiocarbonyl (C=S) groups is 1. The summed E-state index contributed by atoms with van der Waals surface area (Å²) in [6.45, 7) is 0. The number of nitriles is 1. The second-order valence-electron chi connectivity index (χ2n) is 4.20. The maximum absolute atomic E-state index is 12.6. The van der Waals surface area contributed by atoms with Crippen LogP contribution in [-0.4, -0.2) is 5.16 Å². The molecule has 0 saturated heterocycles. The molecule has 0 aliphatic heterocycles. The predicted octanol–water partition coefficient (Wildman–Crippen LogP) is 5.34. The van der Waals surface area contributed by atoms with Crippen LogP contribution in [0.1, 0.15) is 5.56 Å². The second kappa shape index (κ2) is 6.75. The lowest BCUT2D eigenvalue weighted by atomic mass is 10.2. The fraction of sp³-hybridized carbons (Fsp3) is 0.0667. The molecule has 0 aliphatic carbocycles. The summed E-state index contributed by atoms with van der Waals surface area (Å²) in [6.07, 6.45) is -4.38. The number of nitrogens with zero attached hydrogens (tertiary/aromatic N) is 2. The lowest BCUT2D eigenvalue weighted by Gasteiger charge is -2.15. The highest BCUT2D eigenvalue weighted by Gasteiger charge is 2.30. The molecule has 0 amide bonds. The Labute approximate surface area is 133 Å². The summed E-state index contributed by atoms with van der Waals surface area (Å²) in [6, 6.07) is 11.5. The van der Waals surface area contributed by atoms with Crippen LogP contribution in [0.25, 0.3) is 0 Å². The van der Waals surface area contributed by atoms with E-state index >= 15 is 0 Å².